The van der Waals surface area contributed by atoms with Gasteiger partial charge in [-0.15, -0.1) is 0 Å². The Morgan fingerprint density at radius 2 is 1.90 bits per heavy atom. The summed E-state index contributed by atoms with van der Waals surface area (Å²) in [5.41, 5.74) is 1.98. The van der Waals surface area contributed by atoms with Gasteiger partial charge in [-0.05, 0) is 25.5 Å². The zero-order valence-electron chi connectivity index (χ0n) is 11.8. The minimum Gasteiger partial charge on any atom is -0.476 e. The van der Waals surface area contributed by atoms with Gasteiger partial charge in [-0.2, -0.15) is 0 Å². The first kappa shape index (κ1) is 13.4. The summed E-state index contributed by atoms with van der Waals surface area (Å²) in [5, 5.41) is 9.30. The van der Waals surface area contributed by atoms with Crippen molar-refractivity contribution in [3.8, 4) is 0 Å². The van der Waals surface area contributed by atoms with E-state index in [1.54, 1.807) is 8.97 Å². The number of carboxylic acids is 1. The van der Waals surface area contributed by atoms with E-state index in [-0.39, 0.29) is 16.9 Å². The molecule has 2 heterocycles. The zero-order chi connectivity index (χ0) is 15.1. The first-order valence-corrected chi connectivity index (χ1v) is 6.86. The quantitative estimate of drug-likeness (QED) is 0.797. The van der Waals surface area contributed by atoms with Crippen LogP contribution in [0.3, 0.4) is 0 Å². The Bertz CT molecular complexity index is 921. The third-order valence-corrected chi connectivity index (χ3v) is 3.68. The number of aromatic nitrogens is 3. The molecule has 0 aliphatic carbocycles. The molecular formula is C15H15N3O3. The maximum Gasteiger partial charge on any atom is 0.356 e. The van der Waals surface area contributed by atoms with Gasteiger partial charge in [0.15, 0.2) is 5.69 Å². The summed E-state index contributed by atoms with van der Waals surface area (Å²) in [6, 6.07) is 7.46. The summed E-state index contributed by atoms with van der Waals surface area (Å²) < 4.78 is 3.29. The highest BCUT2D eigenvalue weighted by Crippen LogP contribution is 2.19. The zero-order valence-corrected chi connectivity index (χ0v) is 11.8. The molecular weight excluding hydrogens is 270 g/mol. The molecule has 2 aromatic heterocycles. The van der Waals surface area contributed by atoms with Crippen molar-refractivity contribution in [2.75, 3.05) is 0 Å². The molecule has 108 valence electrons. The van der Waals surface area contributed by atoms with Crippen LogP contribution in [-0.4, -0.2) is 25.0 Å². The largest absolute Gasteiger partial charge is 0.476 e. The fraction of sp³-hybridized carbons (Fsp3) is 0.267. The number of hydrogen-bond acceptors (Lipinski definition) is 3. The molecule has 0 bridgehead atoms. The Morgan fingerprint density at radius 3 is 2.48 bits per heavy atom. The van der Waals surface area contributed by atoms with E-state index in [0.717, 1.165) is 11.0 Å². The highest BCUT2D eigenvalue weighted by molar-refractivity contribution is 5.89. The number of rotatable bonds is 3. The number of aryl methyl sites for hydroxylation is 2. The van der Waals surface area contributed by atoms with Crippen molar-refractivity contribution in [1.29, 1.82) is 0 Å². The SMILES string of the molecule is CCc1c(C(=O)O)nc2c(=O)n(CC)c3ccccc3n12. The minimum atomic E-state index is -1.11. The van der Waals surface area contributed by atoms with E-state index in [4.69, 9.17) is 0 Å². The maximum atomic E-state index is 12.6. The highest BCUT2D eigenvalue weighted by atomic mass is 16.4. The second kappa shape index (κ2) is 4.73. The third-order valence-electron chi connectivity index (χ3n) is 3.68. The number of aromatic carboxylic acids is 1. The van der Waals surface area contributed by atoms with Crippen molar-refractivity contribution in [3.05, 3.63) is 46.0 Å². The fourth-order valence-electron chi connectivity index (χ4n) is 2.78. The van der Waals surface area contributed by atoms with Gasteiger partial charge in [-0.1, -0.05) is 19.1 Å². The second-order valence-corrected chi connectivity index (χ2v) is 4.76. The van der Waals surface area contributed by atoms with Gasteiger partial charge in [0.1, 0.15) is 0 Å². The van der Waals surface area contributed by atoms with Gasteiger partial charge in [-0.25, -0.2) is 9.78 Å². The van der Waals surface area contributed by atoms with E-state index in [9.17, 15) is 14.7 Å². The van der Waals surface area contributed by atoms with Crippen LogP contribution in [0.2, 0.25) is 0 Å². The van der Waals surface area contributed by atoms with Crippen LogP contribution < -0.4 is 5.56 Å². The van der Waals surface area contributed by atoms with Crippen molar-refractivity contribution < 1.29 is 9.90 Å². The van der Waals surface area contributed by atoms with Crippen LogP contribution >= 0.6 is 0 Å². The molecule has 0 unspecified atom stereocenters. The molecule has 0 amide bonds. The number of benzene rings is 1. The molecule has 0 saturated heterocycles. The molecule has 0 spiro atoms. The number of hydrogen-bond donors (Lipinski definition) is 1. The Balaban J connectivity index is 2.65. The van der Waals surface area contributed by atoms with E-state index in [1.807, 2.05) is 38.1 Å². The fourth-order valence-corrected chi connectivity index (χ4v) is 2.78. The standard InChI is InChI=1S/C15H15N3O3/c1-3-9-12(15(20)21)16-13-14(19)17(4-2)10-7-5-6-8-11(10)18(9)13/h5-8H,3-4H2,1-2H3,(H,20,21). The molecule has 0 aliphatic heterocycles. The van der Waals surface area contributed by atoms with Crippen LogP contribution in [0.1, 0.15) is 30.0 Å². The number of carbonyl (C=O) groups is 1. The lowest BCUT2D eigenvalue weighted by Gasteiger charge is -2.11. The van der Waals surface area contributed by atoms with Crippen LogP contribution in [0.15, 0.2) is 29.1 Å². The maximum absolute atomic E-state index is 12.6. The minimum absolute atomic E-state index is 0.0476. The molecule has 1 N–H and O–H groups in total. The number of para-hydroxylation sites is 2. The predicted octanol–water partition coefficient (Wildman–Crippen LogP) is 1.93. The summed E-state index contributed by atoms with van der Waals surface area (Å²) in [5.74, 6) is -1.11. The van der Waals surface area contributed by atoms with Crippen LogP contribution in [0.4, 0.5) is 0 Å². The van der Waals surface area contributed by atoms with Gasteiger partial charge in [0.2, 0.25) is 5.65 Å². The molecule has 0 saturated carbocycles. The lowest BCUT2D eigenvalue weighted by molar-refractivity contribution is 0.0690. The molecule has 0 atom stereocenters. The summed E-state index contributed by atoms with van der Waals surface area (Å²) in [6.07, 6.45) is 0.488. The molecule has 3 aromatic rings. The molecule has 3 rings (SSSR count). The van der Waals surface area contributed by atoms with Crippen molar-refractivity contribution in [3.63, 3.8) is 0 Å². The van der Waals surface area contributed by atoms with E-state index < -0.39 is 5.97 Å². The Morgan fingerprint density at radius 1 is 1.24 bits per heavy atom. The first-order valence-electron chi connectivity index (χ1n) is 6.86. The second-order valence-electron chi connectivity index (χ2n) is 4.76. The van der Waals surface area contributed by atoms with Crippen molar-refractivity contribution in [2.45, 2.75) is 26.8 Å². The molecule has 0 fully saturated rings. The average Bonchev–Trinajstić information content (AvgIpc) is 2.88. The van der Waals surface area contributed by atoms with Gasteiger partial charge in [-0.3, -0.25) is 9.20 Å². The van der Waals surface area contributed by atoms with Crippen LogP contribution in [-0.2, 0) is 13.0 Å². The number of nitrogens with zero attached hydrogens (tertiary/aromatic N) is 3. The highest BCUT2D eigenvalue weighted by Gasteiger charge is 2.21. The van der Waals surface area contributed by atoms with Gasteiger partial charge in [0.05, 0.1) is 16.7 Å². The number of imidazole rings is 1. The van der Waals surface area contributed by atoms with E-state index in [0.29, 0.717) is 18.7 Å². The van der Waals surface area contributed by atoms with Crippen LogP contribution in [0, 0.1) is 0 Å². The van der Waals surface area contributed by atoms with E-state index in [2.05, 4.69) is 4.98 Å². The number of carboxylic acid groups (broad SMARTS) is 1. The normalized spacial score (nSPS) is 11.3. The average molecular weight is 285 g/mol. The van der Waals surface area contributed by atoms with E-state index in [1.165, 1.54) is 0 Å². The Kier molecular flexibility index (Phi) is 3.01. The Hall–Kier alpha value is -2.63. The smallest absolute Gasteiger partial charge is 0.356 e. The third kappa shape index (κ3) is 1.75. The summed E-state index contributed by atoms with van der Waals surface area (Å²) >= 11 is 0. The molecule has 21 heavy (non-hydrogen) atoms. The van der Waals surface area contributed by atoms with Crippen LogP contribution in [0.5, 0.6) is 0 Å². The van der Waals surface area contributed by atoms with Gasteiger partial charge in [0.25, 0.3) is 5.56 Å². The molecule has 6 heteroatoms. The lowest BCUT2D eigenvalue weighted by Crippen LogP contribution is -2.22. The van der Waals surface area contributed by atoms with Crippen LogP contribution in [0.25, 0.3) is 16.7 Å². The van der Waals surface area contributed by atoms with Gasteiger partial charge < -0.3 is 9.67 Å². The van der Waals surface area contributed by atoms with E-state index >= 15 is 0 Å². The van der Waals surface area contributed by atoms with Crippen molar-refractivity contribution in [1.82, 2.24) is 14.0 Å². The number of fused-ring (bicyclic) bond motifs is 3. The predicted molar refractivity (Wildman–Crippen MR) is 79.0 cm³/mol. The summed E-state index contributed by atoms with van der Waals surface area (Å²) in [6.45, 7) is 4.24. The monoisotopic (exact) mass is 285 g/mol. The molecule has 0 aliphatic rings. The van der Waals surface area contributed by atoms with Crippen molar-refractivity contribution >= 4 is 22.6 Å². The molecule has 0 radical (unpaired) electrons. The topological polar surface area (TPSA) is 76.6 Å². The summed E-state index contributed by atoms with van der Waals surface area (Å²) in [7, 11) is 0. The van der Waals surface area contributed by atoms with Gasteiger partial charge >= 0.3 is 5.97 Å². The molecule has 6 nitrogen and oxygen atoms in total. The molecule has 1 aromatic carbocycles. The lowest BCUT2D eigenvalue weighted by atomic mass is 10.2. The van der Waals surface area contributed by atoms with Crippen molar-refractivity contribution in [2.24, 2.45) is 0 Å². The first-order chi connectivity index (χ1) is 10.1. The van der Waals surface area contributed by atoms with Gasteiger partial charge in [0, 0.05) is 6.54 Å². The Labute approximate surface area is 120 Å². The summed E-state index contributed by atoms with van der Waals surface area (Å²) in [4.78, 5) is 28.0.